The number of nitrogens with zero attached hydrogens (tertiary/aromatic N) is 1. The van der Waals surface area contributed by atoms with Crippen molar-refractivity contribution in [2.24, 2.45) is 5.73 Å². The lowest BCUT2D eigenvalue weighted by Crippen LogP contribution is -2.49. The van der Waals surface area contributed by atoms with Crippen molar-refractivity contribution in [1.29, 1.82) is 0 Å². The van der Waals surface area contributed by atoms with Crippen molar-refractivity contribution in [2.45, 2.75) is 32.9 Å². The van der Waals surface area contributed by atoms with Crippen LogP contribution in [-0.4, -0.2) is 35.3 Å². The van der Waals surface area contributed by atoms with Gasteiger partial charge in [-0.15, -0.1) is 0 Å². The Morgan fingerprint density at radius 3 is 2.48 bits per heavy atom. The molecule has 0 aliphatic heterocycles. The molecule has 6 nitrogen and oxygen atoms in total. The number of hydrogen-bond donors (Lipinski definition) is 3. The molecule has 2 amide bonds. The van der Waals surface area contributed by atoms with E-state index in [4.69, 9.17) is 11.5 Å². The first-order valence-electron chi connectivity index (χ1n) is 6.62. The second-order valence-electron chi connectivity index (χ2n) is 5.14. The fourth-order valence-corrected chi connectivity index (χ4v) is 1.97. The smallest absolute Gasteiger partial charge is 0.241 e. The number of primary amides is 1. The molecule has 0 saturated heterocycles. The highest BCUT2D eigenvalue weighted by molar-refractivity contribution is 5.95. The normalized spacial score (nSPS) is 12.5. The van der Waals surface area contributed by atoms with Gasteiger partial charge in [0.15, 0.2) is 0 Å². The second kappa shape index (κ2) is 7.03. The lowest BCUT2D eigenvalue weighted by Gasteiger charge is -2.30. The second-order valence-corrected chi connectivity index (χ2v) is 5.14. The Labute approximate surface area is 123 Å². The van der Waals surface area contributed by atoms with Gasteiger partial charge in [-0.2, -0.15) is 0 Å². The molecule has 0 heterocycles. The molecule has 116 valence electrons. The van der Waals surface area contributed by atoms with Gasteiger partial charge < -0.3 is 16.8 Å². The third-order valence-corrected chi connectivity index (χ3v) is 3.13. The van der Waals surface area contributed by atoms with Gasteiger partial charge in [0.05, 0.1) is 18.3 Å². The molecule has 1 rings (SSSR count). The Morgan fingerprint density at radius 2 is 1.95 bits per heavy atom. The highest BCUT2D eigenvalue weighted by atomic mass is 19.1. The van der Waals surface area contributed by atoms with Gasteiger partial charge in [-0.05, 0) is 39.0 Å². The standard InChI is InChI=1S/C14H21FN4O2/c1-8(2)19(7-13(17)20)9(3)14(21)18-12-6-10(16)4-5-11(12)15/h4-6,8-9H,7,16H2,1-3H3,(H2,17,20)(H,18,21). The highest BCUT2D eigenvalue weighted by Crippen LogP contribution is 2.18. The summed E-state index contributed by atoms with van der Waals surface area (Å²) in [6.07, 6.45) is 0. The maximum absolute atomic E-state index is 13.6. The Hall–Kier alpha value is -2.15. The van der Waals surface area contributed by atoms with Gasteiger partial charge in [0.25, 0.3) is 0 Å². The molecule has 0 bridgehead atoms. The van der Waals surface area contributed by atoms with Crippen molar-refractivity contribution in [3.63, 3.8) is 0 Å². The molecule has 0 aliphatic rings. The largest absolute Gasteiger partial charge is 0.399 e. The number of carbonyl (C=O) groups is 2. The van der Waals surface area contributed by atoms with E-state index in [1.165, 1.54) is 18.2 Å². The Kier molecular flexibility index (Phi) is 5.66. The van der Waals surface area contributed by atoms with Gasteiger partial charge in [0, 0.05) is 11.7 Å². The minimum absolute atomic E-state index is 0.00892. The number of nitrogens with one attached hydrogen (secondary N) is 1. The first-order valence-corrected chi connectivity index (χ1v) is 6.62. The number of hydrogen-bond acceptors (Lipinski definition) is 4. The van der Waals surface area contributed by atoms with E-state index < -0.39 is 23.7 Å². The van der Waals surface area contributed by atoms with E-state index in [0.29, 0.717) is 5.69 Å². The van der Waals surface area contributed by atoms with Crippen LogP contribution in [0.3, 0.4) is 0 Å². The molecular formula is C14H21FN4O2. The zero-order valence-electron chi connectivity index (χ0n) is 12.4. The maximum atomic E-state index is 13.6. The van der Waals surface area contributed by atoms with E-state index in [1.807, 2.05) is 13.8 Å². The zero-order chi connectivity index (χ0) is 16.2. The quantitative estimate of drug-likeness (QED) is 0.680. The molecule has 21 heavy (non-hydrogen) atoms. The molecule has 5 N–H and O–H groups in total. The van der Waals surface area contributed by atoms with E-state index in [9.17, 15) is 14.0 Å². The van der Waals surface area contributed by atoms with E-state index in [2.05, 4.69) is 5.32 Å². The first kappa shape index (κ1) is 16.9. The van der Waals surface area contributed by atoms with Gasteiger partial charge in [0.2, 0.25) is 11.8 Å². The van der Waals surface area contributed by atoms with Crippen molar-refractivity contribution < 1.29 is 14.0 Å². The lowest BCUT2D eigenvalue weighted by atomic mass is 10.2. The van der Waals surface area contributed by atoms with Crippen molar-refractivity contribution in [3.05, 3.63) is 24.0 Å². The van der Waals surface area contributed by atoms with Crippen LogP contribution in [0.4, 0.5) is 15.8 Å². The summed E-state index contributed by atoms with van der Waals surface area (Å²) in [5.74, 6) is -1.54. The van der Waals surface area contributed by atoms with Crippen LogP contribution in [0, 0.1) is 5.82 Å². The Balaban J connectivity index is 2.85. The van der Waals surface area contributed by atoms with Crippen molar-refractivity contribution in [2.75, 3.05) is 17.6 Å². The van der Waals surface area contributed by atoms with E-state index in [1.54, 1.807) is 11.8 Å². The Bertz CT molecular complexity index is 534. The summed E-state index contributed by atoms with van der Waals surface area (Å²) in [6.45, 7) is 5.26. The molecule has 0 fully saturated rings. The predicted molar refractivity (Wildman–Crippen MR) is 79.9 cm³/mol. The molecule has 7 heteroatoms. The summed E-state index contributed by atoms with van der Waals surface area (Å²) >= 11 is 0. The highest BCUT2D eigenvalue weighted by Gasteiger charge is 2.25. The number of anilines is 2. The van der Waals surface area contributed by atoms with Crippen LogP contribution in [0.1, 0.15) is 20.8 Å². The maximum Gasteiger partial charge on any atom is 0.241 e. The fourth-order valence-electron chi connectivity index (χ4n) is 1.97. The van der Waals surface area contributed by atoms with Gasteiger partial charge >= 0.3 is 0 Å². The average molecular weight is 296 g/mol. The zero-order valence-corrected chi connectivity index (χ0v) is 12.4. The van der Waals surface area contributed by atoms with Gasteiger partial charge in [-0.1, -0.05) is 0 Å². The van der Waals surface area contributed by atoms with Crippen LogP contribution >= 0.6 is 0 Å². The summed E-state index contributed by atoms with van der Waals surface area (Å²) in [7, 11) is 0. The van der Waals surface area contributed by atoms with Crippen LogP contribution in [0.25, 0.3) is 0 Å². The molecule has 1 aromatic rings. The summed E-state index contributed by atoms with van der Waals surface area (Å²) in [4.78, 5) is 24.9. The lowest BCUT2D eigenvalue weighted by molar-refractivity contribution is -0.124. The number of rotatable bonds is 6. The molecule has 0 spiro atoms. The van der Waals surface area contributed by atoms with E-state index >= 15 is 0 Å². The van der Waals surface area contributed by atoms with E-state index in [-0.39, 0.29) is 18.3 Å². The average Bonchev–Trinajstić information content (AvgIpc) is 2.38. The Morgan fingerprint density at radius 1 is 1.33 bits per heavy atom. The summed E-state index contributed by atoms with van der Waals surface area (Å²) < 4.78 is 13.6. The van der Waals surface area contributed by atoms with Crippen LogP contribution in [0.15, 0.2) is 18.2 Å². The molecule has 1 aromatic carbocycles. The first-order chi connectivity index (χ1) is 9.72. The number of carbonyl (C=O) groups excluding carboxylic acids is 2. The van der Waals surface area contributed by atoms with Crippen LogP contribution in [0.5, 0.6) is 0 Å². The fraction of sp³-hybridized carbons (Fsp3) is 0.429. The topological polar surface area (TPSA) is 101 Å². The molecule has 0 saturated carbocycles. The number of nitrogens with two attached hydrogens (primary N) is 2. The molecule has 0 aliphatic carbocycles. The number of amides is 2. The molecule has 1 unspecified atom stereocenters. The molecule has 1 atom stereocenters. The van der Waals surface area contributed by atoms with Crippen LogP contribution in [0.2, 0.25) is 0 Å². The summed E-state index contributed by atoms with van der Waals surface area (Å²) in [5, 5.41) is 2.47. The summed E-state index contributed by atoms with van der Waals surface area (Å²) in [5.41, 5.74) is 11.1. The van der Waals surface area contributed by atoms with Crippen molar-refractivity contribution in [3.8, 4) is 0 Å². The minimum Gasteiger partial charge on any atom is -0.399 e. The van der Waals surface area contributed by atoms with Crippen LogP contribution in [-0.2, 0) is 9.59 Å². The SMILES string of the molecule is CC(C)N(CC(N)=O)C(C)C(=O)Nc1cc(N)ccc1F. The predicted octanol–water partition coefficient (Wildman–Crippen LogP) is 0.931. The molecule has 0 aromatic heterocycles. The number of benzene rings is 1. The van der Waals surface area contributed by atoms with Crippen LogP contribution < -0.4 is 16.8 Å². The summed E-state index contributed by atoms with van der Waals surface area (Å²) in [6, 6.07) is 3.22. The van der Waals surface area contributed by atoms with Crippen molar-refractivity contribution >= 4 is 23.2 Å². The van der Waals surface area contributed by atoms with Gasteiger partial charge in [0.1, 0.15) is 5.82 Å². The number of halogens is 1. The third kappa shape index (κ3) is 4.71. The monoisotopic (exact) mass is 296 g/mol. The number of nitrogen functional groups attached to an aromatic ring is 1. The molecular weight excluding hydrogens is 275 g/mol. The third-order valence-electron chi connectivity index (χ3n) is 3.13. The van der Waals surface area contributed by atoms with Gasteiger partial charge in [-0.3, -0.25) is 14.5 Å². The van der Waals surface area contributed by atoms with E-state index in [0.717, 1.165) is 0 Å². The van der Waals surface area contributed by atoms with Crippen molar-refractivity contribution in [1.82, 2.24) is 4.90 Å². The molecule has 0 radical (unpaired) electrons. The minimum atomic E-state index is -0.640. The van der Waals surface area contributed by atoms with Gasteiger partial charge in [-0.25, -0.2) is 4.39 Å².